The van der Waals surface area contributed by atoms with Gasteiger partial charge in [-0.1, -0.05) is 58.1 Å². The van der Waals surface area contributed by atoms with Gasteiger partial charge in [0, 0.05) is 26.0 Å². The van der Waals surface area contributed by atoms with Crippen molar-refractivity contribution < 1.29 is 39.5 Å². The second-order valence-electron chi connectivity index (χ2n) is 15.7. The van der Waals surface area contributed by atoms with Gasteiger partial charge in [-0.3, -0.25) is 9.59 Å². The predicted octanol–water partition coefficient (Wildman–Crippen LogP) is 6.22. The van der Waals surface area contributed by atoms with Crippen molar-refractivity contribution in [3.05, 3.63) is 36.0 Å². The highest BCUT2D eigenvalue weighted by Crippen LogP contribution is 2.42. The smallest absolute Gasteiger partial charge is 0.225 e. The first kappa shape index (κ1) is 44.3. The summed E-state index contributed by atoms with van der Waals surface area (Å²) in [6.07, 6.45) is 15.2. The number of carbonyl (C=O) groups excluding carboxylic acids is 2. The molecule has 2 heterocycles. The van der Waals surface area contributed by atoms with Gasteiger partial charge in [-0.05, 0) is 114 Å². The Morgan fingerprint density at radius 2 is 1.72 bits per heavy atom. The Morgan fingerprint density at radius 1 is 1.00 bits per heavy atom. The number of hydrogen-bond donors (Lipinski definition) is 5. The topological polar surface area (TPSA) is 146 Å². The Labute approximate surface area is 303 Å². The second-order valence-corrected chi connectivity index (χ2v) is 15.7. The van der Waals surface area contributed by atoms with Crippen LogP contribution in [0.5, 0.6) is 0 Å². The molecular weight excluding hydrogens is 634 g/mol. The number of aliphatic hydroxyl groups excluding tert-OH is 4. The summed E-state index contributed by atoms with van der Waals surface area (Å²) in [5.74, 6) is 0.183. The summed E-state index contributed by atoms with van der Waals surface area (Å²) in [6.45, 7) is 15.6. The lowest BCUT2D eigenvalue weighted by atomic mass is 9.77. The molecule has 0 aromatic rings. The zero-order valence-electron chi connectivity index (χ0n) is 32.2. The maximum Gasteiger partial charge on any atom is 0.225 e. The minimum absolute atomic E-state index is 0.0145. The average Bonchev–Trinajstić information content (AvgIpc) is 3.07. The SMILES string of the molecule is C/C=C/C(O)C/C=C/CC(C)C(O)CC(=O)CCC(O)C(C)C(=O)NCCCC1OC2(CCC1C)COCC(CCC(C)/C=C(\C)C(C)O)C2. The van der Waals surface area contributed by atoms with E-state index >= 15 is 0 Å². The summed E-state index contributed by atoms with van der Waals surface area (Å²) in [5.41, 5.74) is 0.780. The summed E-state index contributed by atoms with van der Waals surface area (Å²) in [6, 6.07) is 0. The third-order valence-electron chi connectivity index (χ3n) is 10.9. The van der Waals surface area contributed by atoms with Crippen LogP contribution < -0.4 is 5.32 Å². The predicted molar refractivity (Wildman–Crippen MR) is 199 cm³/mol. The van der Waals surface area contributed by atoms with Crippen LogP contribution >= 0.6 is 0 Å². The van der Waals surface area contributed by atoms with Crippen molar-refractivity contribution in [2.45, 2.75) is 162 Å². The Bertz CT molecular complexity index is 1090. The van der Waals surface area contributed by atoms with Gasteiger partial charge >= 0.3 is 0 Å². The van der Waals surface area contributed by atoms with Crippen LogP contribution in [-0.2, 0) is 19.1 Å². The molecule has 1 spiro atoms. The van der Waals surface area contributed by atoms with Crippen LogP contribution in [0.15, 0.2) is 36.0 Å². The largest absolute Gasteiger partial charge is 0.392 e. The van der Waals surface area contributed by atoms with Crippen LogP contribution in [0.2, 0.25) is 0 Å². The van der Waals surface area contributed by atoms with Crippen molar-refractivity contribution >= 4 is 11.7 Å². The molecule has 0 bridgehead atoms. The summed E-state index contributed by atoms with van der Waals surface area (Å²) < 4.78 is 12.9. The summed E-state index contributed by atoms with van der Waals surface area (Å²) in [4.78, 5) is 25.3. The molecule has 0 saturated carbocycles. The maximum absolute atomic E-state index is 12.8. The highest BCUT2D eigenvalue weighted by Gasteiger charge is 2.44. The Balaban J connectivity index is 1.70. The van der Waals surface area contributed by atoms with Crippen molar-refractivity contribution in [1.29, 1.82) is 0 Å². The minimum atomic E-state index is -0.942. The van der Waals surface area contributed by atoms with Crippen molar-refractivity contribution in [3.63, 3.8) is 0 Å². The van der Waals surface area contributed by atoms with Crippen LogP contribution in [0.3, 0.4) is 0 Å². The fourth-order valence-corrected chi connectivity index (χ4v) is 7.13. The number of aliphatic hydroxyl groups is 4. The van der Waals surface area contributed by atoms with E-state index in [9.17, 15) is 30.0 Å². The van der Waals surface area contributed by atoms with Gasteiger partial charge in [0.1, 0.15) is 5.78 Å². The van der Waals surface area contributed by atoms with E-state index in [1.165, 1.54) is 0 Å². The summed E-state index contributed by atoms with van der Waals surface area (Å²) in [5, 5.41) is 43.6. The van der Waals surface area contributed by atoms with Crippen LogP contribution in [0, 0.1) is 29.6 Å². The molecule has 11 unspecified atom stereocenters. The van der Waals surface area contributed by atoms with Gasteiger partial charge in [0.05, 0.1) is 48.6 Å². The first-order chi connectivity index (χ1) is 23.7. The summed E-state index contributed by atoms with van der Waals surface area (Å²) in [7, 11) is 0. The van der Waals surface area contributed by atoms with E-state index in [4.69, 9.17) is 9.47 Å². The molecule has 0 aromatic carbocycles. The van der Waals surface area contributed by atoms with E-state index in [1.807, 2.05) is 32.9 Å². The number of carbonyl (C=O) groups is 2. The van der Waals surface area contributed by atoms with Gasteiger partial charge < -0.3 is 35.2 Å². The number of ether oxygens (including phenoxy) is 2. The van der Waals surface area contributed by atoms with Gasteiger partial charge in [0.15, 0.2) is 0 Å². The molecule has 2 fully saturated rings. The number of amides is 1. The summed E-state index contributed by atoms with van der Waals surface area (Å²) >= 11 is 0. The number of ketones is 1. The highest BCUT2D eigenvalue weighted by molar-refractivity contribution is 5.80. The fourth-order valence-electron chi connectivity index (χ4n) is 7.13. The minimum Gasteiger partial charge on any atom is -0.392 e. The second kappa shape index (κ2) is 22.9. The molecule has 5 N–H and O–H groups in total. The van der Waals surface area contributed by atoms with Gasteiger partial charge in [-0.2, -0.15) is 0 Å². The standard InChI is InChI=1S/C41H71NO8/c1-8-12-35(44)14-10-9-13-29(3)38(47)24-36(45)18-19-37(46)32(6)40(48)42-22-11-15-39-30(4)20-21-41(50-39)25-34(26-49-27-41)17-16-28(2)23-31(5)33(7)43/h8-10,12,23,28-30,32-35,37-39,43-44,46-47H,11,13-22,24-27H2,1-7H3,(H,42,48)/b10-9+,12-8+,31-23+. The Kier molecular flexibility index (Phi) is 20.3. The number of hydrogen-bond acceptors (Lipinski definition) is 8. The van der Waals surface area contributed by atoms with Gasteiger partial charge in [0.2, 0.25) is 5.91 Å². The first-order valence-corrected chi connectivity index (χ1v) is 19.4. The third kappa shape index (κ3) is 16.2. The number of allylic oxidation sites excluding steroid dienone is 3. The molecule has 2 rings (SSSR count). The van der Waals surface area contributed by atoms with Gasteiger partial charge in [0.25, 0.3) is 0 Å². The lowest BCUT2D eigenvalue weighted by molar-refractivity contribution is -0.211. The van der Waals surface area contributed by atoms with Crippen LogP contribution in [0.25, 0.3) is 0 Å². The Morgan fingerprint density at radius 3 is 2.42 bits per heavy atom. The Hall–Kier alpha value is -1.88. The molecular formula is C41H71NO8. The molecule has 9 heteroatoms. The zero-order valence-corrected chi connectivity index (χ0v) is 32.2. The molecule has 0 radical (unpaired) electrons. The van der Waals surface area contributed by atoms with Crippen molar-refractivity contribution in [2.75, 3.05) is 19.8 Å². The van der Waals surface area contributed by atoms with E-state index in [-0.39, 0.29) is 48.6 Å². The molecule has 2 aliphatic heterocycles. The first-order valence-electron chi connectivity index (χ1n) is 19.4. The average molecular weight is 706 g/mol. The van der Waals surface area contributed by atoms with Crippen LogP contribution in [0.4, 0.5) is 0 Å². The van der Waals surface area contributed by atoms with Crippen molar-refractivity contribution in [1.82, 2.24) is 5.32 Å². The molecule has 1 amide bonds. The van der Waals surface area contributed by atoms with Gasteiger partial charge in [-0.15, -0.1) is 0 Å². The number of rotatable bonds is 22. The molecule has 50 heavy (non-hydrogen) atoms. The molecule has 0 aromatic heterocycles. The quantitative estimate of drug-likeness (QED) is 0.0659. The van der Waals surface area contributed by atoms with E-state index in [0.29, 0.717) is 43.7 Å². The molecule has 2 aliphatic rings. The van der Waals surface area contributed by atoms with Gasteiger partial charge in [-0.25, -0.2) is 0 Å². The van der Waals surface area contributed by atoms with E-state index < -0.39 is 30.3 Å². The normalized spacial score (nSPS) is 27.6. The molecule has 2 saturated heterocycles. The number of Topliss-reactive ketones (excluding diaryl/α,β-unsaturated/α-hetero) is 1. The molecule has 11 atom stereocenters. The zero-order chi connectivity index (χ0) is 37.3. The fraction of sp³-hybridized carbons (Fsp3) is 0.805. The monoisotopic (exact) mass is 706 g/mol. The molecule has 9 nitrogen and oxygen atoms in total. The highest BCUT2D eigenvalue weighted by atomic mass is 16.6. The maximum atomic E-state index is 12.8. The van der Waals surface area contributed by atoms with Crippen molar-refractivity contribution in [3.8, 4) is 0 Å². The lowest BCUT2D eigenvalue weighted by Gasteiger charge is -2.48. The van der Waals surface area contributed by atoms with Crippen LogP contribution in [0.1, 0.15) is 126 Å². The van der Waals surface area contributed by atoms with Crippen molar-refractivity contribution in [2.24, 2.45) is 29.6 Å². The molecule has 288 valence electrons. The van der Waals surface area contributed by atoms with Crippen LogP contribution in [-0.4, -0.2) is 88.0 Å². The molecule has 0 aliphatic carbocycles. The third-order valence-corrected chi connectivity index (χ3v) is 10.9. The number of nitrogens with one attached hydrogen (secondary N) is 1. The van der Waals surface area contributed by atoms with E-state index in [1.54, 1.807) is 26.0 Å². The van der Waals surface area contributed by atoms with E-state index in [2.05, 4.69) is 25.2 Å². The van der Waals surface area contributed by atoms with E-state index in [0.717, 1.165) is 57.1 Å². The lowest BCUT2D eigenvalue weighted by Crippen LogP contribution is -2.51.